The standard InChI is InChI=1S/C15H11ClN2O2/c16-12-5-3-11(4-6-12)10-18-15(19)8-7-13(17-18)14-2-1-9-20-14/h1-9H,10H2. The molecule has 2 heterocycles. The molecule has 3 rings (SSSR count). The third-order valence-corrected chi connectivity index (χ3v) is 3.14. The Morgan fingerprint density at radius 1 is 1.10 bits per heavy atom. The molecule has 100 valence electrons. The summed E-state index contributed by atoms with van der Waals surface area (Å²) < 4.78 is 6.69. The maximum atomic E-state index is 11.9. The molecule has 0 saturated heterocycles. The molecule has 20 heavy (non-hydrogen) atoms. The van der Waals surface area contributed by atoms with Crippen molar-refractivity contribution in [2.75, 3.05) is 0 Å². The van der Waals surface area contributed by atoms with Gasteiger partial charge < -0.3 is 4.42 Å². The van der Waals surface area contributed by atoms with Gasteiger partial charge in [0.1, 0.15) is 5.69 Å². The average molecular weight is 287 g/mol. The molecule has 0 N–H and O–H groups in total. The van der Waals surface area contributed by atoms with Crippen LogP contribution in [-0.2, 0) is 6.54 Å². The first kappa shape index (κ1) is 12.7. The van der Waals surface area contributed by atoms with Gasteiger partial charge in [-0.3, -0.25) is 4.79 Å². The number of nitrogens with zero attached hydrogens (tertiary/aromatic N) is 2. The van der Waals surface area contributed by atoms with Crippen LogP contribution in [0.4, 0.5) is 0 Å². The second-order valence-corrected chi connectivity index (χ2v) is 4.75. The van der Waals surface area contributed by atoms with E-state index < -0.39 is 0 Å². The number of aromatic nitrogens is 2. The van der Waals surface area contributed by atoms with Crippen LogP contribution in [0.15, 0.2) is 64.0 Å². The fourth-order valence-electron chi connectivity index (χ4n) is 1.88. The van der Waals surface area contributed by atoms with Crippen LogP contribution in [-0.4, -0.2) is 9.78 Å². The van der Waals surface area contributed by atoms with Gasteiger partial charge in [-0.25, -0.2) is 4.68 Å². The Hall–Kier alpha value is -2.33. The Morgan fingerprint density at radius 2 is 1.90 bits per heavy atom. The van der Waals surface area contributed by atoms with E-state index in [0.29, 0.717) is 23.0 Å². The lowest BCUT2D eigenvalue weighted by molar-refractivity contribution is 0.569. The van der Waals surface area contributed by atoms with Gasteiger partial charge in [0, 0.05) is 11.1 Å². The van der Waals surface area contributed by atoms with Gasteiger partial charge in [0.25, 0.3) is 5.56 Å². The molecule has 0 spiro atoms. The van der Waals surface area contributed by atoms with Crippen LogP contribution >= 0.6 is 11.6 Å². The highest BCUT2D eigenvalue weighted by Crippen LogP contribution is 2.15. The number of halogens is 1. The molecule has 1 aromatic carbocycles. The second-order valence-electron chi connectivity index (χ2n) is 4.32. The monoisotopic (exact) mass is 286 g/mol. The minimum Gasteiger partial charge on any atom is -0.463 e. The van der Waals surface area contributed by atoms with Crippen molar-refractivity contribution in [1.29, 1.82) is 0 Å². The van der Waals surface area contributed by atoms with Crippen molar-refractivity contribution < 1.29 is 4.42 Å². The molecular weight excluding hydrogens is 276 g/mol. The molecule has 0 unspecified atom stereocenters. The predicted molar refractivity (Wildman–Crippen MR) is 76.8 cm³/mol. The quantitative estimate of drug-likeness (QED) is 0.743. The summed E-state index contributed by atoms with van der Waals surface area (Å²) >= 11 is 5.84. The van der Waals surface area contributed by atoms with E-state index in [-0.39, 0.29) is 5.56 Å². The molecule has 0 amide bonds. The first-order valence-electron chi connectivity index (χ1n) is 6.09. The van der Waals surface area contributed by atoms with Gasteiger partial charge in [-0.15, -0.1) is 0 Å². The number of hydrogen-bond acceptors (Lipinski definition) is 3. The number of rotatable bonds is 3. The lowest BCUT2D eigenvalue weighted by Crippen LogP contribution is -2.22. The minimum atomic E-state index is -0.157. The molecule has 0 radical (unpaired) electrons. The lowest BCUT2D eigenvalue weighted by atomic mass is 10.2. The van der Waals surface area contributed by atoms with Crippen LogP contribution in [0.3, 0.4) is 0 Å². The maximum absolute atomic E-state index is 11.9. The van der Waals surface area contributed by atoms with E-state index in [1.165, 1.54) is 10.7 Å². The SMILES string of the molecule is O=c1ccc(-c2ccco2)nn1Cc1ccc(Cl)cc1. The summed E-state index contributed by atoms with van der Waals surface area (Å²) in [6.07, 6.45) is 1.58. The zero-order valence-electron chi connectivity index (χ0n) is 10.5. The molecule has 4 nitrogen and oxygen atoms in total. The van der Waals surface area contributed by atoms with Crippen LogP contribution in [0.1, 0.15) is 5.56 Å². The van der Waals surface area contributed by atoms with Crippen LogP contribution in [0, 0.1) is 0 Å². The van der Waals surface area contributed by atoms with Crippen molar-refractivity contribution in [2.45, 2.75) is 6.54 Å². The van der Waals surface area contributed by atoms with Crippen molar-refractivity contribution in [3.8, 4) is 11.5 Å². The van der Waals surface area contributed by atoms with Gasteiger partial charge >= 0.3 is 0 Å². The Labute approximate surface area is 120 Å². The van der Waals surface area contributed by atoms with Gasteiger partial charge in [-0.05, 0) is 35.9 Å². The number of hydrogen-bond donors (Lipinski definition) is 0. The molecular formula is C15H11ClN2O2. The molecule has 5 heteroatoms. The van der Waals surface area contributed by atoms with E-state index in [4.69, 9.17) is 16.0 Å². The van der Waals surface area contributed by atoms with Gasteiger partial charge in [-0.1, -0.05) is 23.7 Å². The Balaban J connectivity index is 1.95. The number of furan rings is 1. The van der Waals surface area contributed by atoms with Crippen LogP contribution in [0.5, 0.6) is 0 Å². The summed E-state index contributed by atoms with van der Waals surface area (Å²) in [5, 5.41) is 4.98. The smallest absolute Gasteiger partial charge is 0.267 e. The molecule has 2 aromatic heterocycles. The second kappa shape index (κ2) is 5.35. The minimum absolute atomic E-state index is 0.157. The fraction of sp³-hybridized carbons (Fsp3) is 0.0667. The third kappa shape index (κ3) is 2.65. The van der Waals surface area contributed by atoms with Gasteiger partial charge in [-0.2, -0.15) is 5.10 Å². The highest BCUT2D eigenvalue weighted by atomic mass is 35.5. The Bertz CT molecular complexity index is 761. The topological polar surface area (TPSA) is 48.0 Å². The molecule has 0 bridgehead atoms. The van der Waals surface area contributed by atoms with Crippen molar-refractivity contribution in [3.05, 3.63) is 75.7 Å². The summed E-state index contributed by atoms with van der Waals surface area (Å²) in [5.74, 6) is 0.634. The highest BCUT2D eigenvalue weighted by Gasteiger charge is 2.06. The number of benzene rings is 1. The van der Waals surface area contributed by atoms with Crippen molar-refractivity contribution in [2.24, 2.45) is 0 Å². The zero-order valence-corrected chi connectivity index (χ0v) is 11.2. The Kier molecular flexibility index (Phi) is 3.39. The lowest BCUT2D eigenvalue weighted by Gasteiger charge is -2.06. The molecule has 0 atom stereocenters. The van der Waals surface area contributed by atoms with Crippen molar-refractivity contribution >= 4 is 11.6 Å². The van der Waals surface area contributed by atoms with Crippen LogP contribution in [0.25, 0.3) is 11.5 Å². The van der Waals surface area contributed by atoms with Gasteiger partial charge in [0.15, 0.2) is 5.76 Å². The first-order chi connectivity index (χ1) is 9.72. The van der Waals surface area contributed by atoms with E-state index in [2.05, 4.69) is 5.10 Å². The highest BCUT2D eigenvalue weighted by molar-refractivity contribution is 6.30. The normalized spacial score (nSPS) is 10.7. The summed E-state index contributed by atoms with van der Waals surface area (Å²) in [7, 11) is 0. The van der Waals surface area contributed by atoms with Crippen molar-refractivity contribution in [1.82, 2.24) is 9.78 Å². The van der Waals surface area contributed by atoms with E-state index in [0.717, 1.165) is 5.56 Å². The van der Waals surface area contributed by atoms with E-state index in [1.54, 1.807) is 36.6 Å². The average Bonchev–Trinajstić information content (AvgIpc) is 2.98. The van der Waals surface area contributed by atoms with E-state index >= 15 is 0 Å². The molecule has 3 aromatic rings. The van der Waals surface area contributed by atoms with Gasteiger partial charge in [0.2, 0.25) is 0 Å². The molecule has 0 fully saturated rings. The summed E-state index contributed by atoms with van der Waals surface area (Å²) in [6.45, 7) is 0.393. The fourth-order valence-corrected chi connectivity index (χ4v) is 2.01. The summed E-state index contributed by atoms with van der Waals surface area (Å²) in [5.41, 5.74) is 1.43. The first-order valence-corrected chi connectivity index (χ1v) is 6.47. The molecule has 0 saturated carbocycles. The zero-order chi connectivity index (χ0) is 13.9. The van der Waals surface area contributed by atoms with Crippen LogP contribution in [0.2, 0.25) is 5.02 Å². The molecule has 0 aliphatic rings. The van der Waals surface area contributed by atoms with Crippen LogP contribution < -0.4 is 5.56 Å². The molecule has 0 aliphatic carbocycles. The van der Waals surface area contributed by atoms with E-state index in [9.17, 15) is 4.79 Å². The summed E-state index contributed by atoms with van der Waals surface area (Å²) in [6, 6.07) is 14.0. The Morgan fingerprint density at radius 3 is 2.60 bits per heavy atom. The van der Waals surface area contributed by atoms with Crippen molar-refractivity contribution in [3.63, 3.8) is 0 Å². The summed E-state index contributed by atoms with van der Waals surface area (Å²) in [4.78, 5) is 11.9. The van der Waals surface area contributed by atoms with E-state index in [1.807, 2.05) is 12.1 Å². The predicted octanol–water partition coefficient (Wildman–Crippen LogP) is 3.21. The van der Waals surface area contributed by atoms with Gasteiger partial charge in [0.05, 0.1) is 12.8 Å². The molecule has 0 aliphatic heterocycles. The maximum Gasteiger partial charge on any atom is 0.267 e. The largest absolute Gasteiger partial charge is 0.463 e. The third-order valence-electron chi connectivity index (χ3n) is 2.89.